The van der Waals surface area contributed by atoms with Crippen molar-refractivity contribution < 1.29 is 24.6 Å². The van der Waals surface area contributed by atoms with Crippen LogP contribution < -0.4 is 0 Å². The molecule has 0 unspecified atom stereocenters. The van der Waals surface area contributed by atoms with Crippen molar-refractivity contribution in [3.63, 3.8) is 0 Å². The lowest BCUT2D eigenvalue weighted by atomic mass is 9.95. The SMILES string of the molecule is CCN(CC)C(=O)C1CCN(Cc2ccc(Br)cc2)CC1.O=C(O)C(=O)O. The van der Waals surface area contributed by atoms with Crippen molar-refractivity contribution in [2.24, 2.45) is 5.92 Å². The predicted molar refractivity (Wildman–Crippen MR) is 105 cm³/mol. The molecule has 1 heterocycles. The zero-order valence-corrected chi connectivity index (χ0v) is 17.3. The van der Waals surface area contributed by atoms with Crippen molar-refractivity contribution in [1.82, 2.24) is 9.80 Å². The Hall–Kier alpha value is -1.93. The molecule has 0 aromatic heterocycles. The van der Waals surface area contributed by atoms with Gasteiger partial charge in [0.1, 0.15) is 0 Å². The first-order valence-electron chi connectivity index (χ1n) is 9.00. The average Bonchev–Trinajstić information content (AvgIpc) is 2.65. The Morgan fingerprint density at radius 1 is 1.04 bits per heavy atom. The van der Waals surface area contributed by atoms with E-state index in [4.69, 9.17) is 19.8 Å². The lowest BCUT2D eigenvalue weighted by Gasteiger charge is -2.33. The number of nitrogens with zero attached hydrogens (tertiary/aromatic N) is 2. The molecule has 0 saturated carbocycles. The number of carboxylic acids is 2. The maximum atomic E-state index is 12.4. The van der Waals surface area contributed by atoms with E-state index in [1.54, 1.807) is 0 Å². The standard InChI is InChI=1S/C17H25BrN2O.C2H2O4/c1-3-20(4-2)17(21)15-9-11-19(12-10-15)13-14-5-7-16(18)8-6-14;3-1(4)2(5)6/h5-8,15H,3-4,9-13H2,1-2H3;(H,3,4)(H,5,6). The minimum absolute atomic E-state index is 0.228. The monoisotopic (exact) mass is 442 g/mol. The number of carboxylic acid groups (broad SMARTS) is 2. The van der Waals surface area contributed by atoms with E-state index in [9.17, 15) is 4.79 Å². The Labute approximate surface area is 168 Å². The van der Waals surface area contributed by atoms with Gasteiger partial charge in [0.25, 0.3) is 0 Å². The molecule has 1 aliphatic heterocycles. The number of likely N-dealkylation sites (tertiary alicyclic amines) is 1. The van der Waals surface area contributed by atoms with Gasteiger partial charge in [-0.1, -0.05) is 28.1 Å². The van der Waals surface area contributed by atoms with E-state index in [2.05, 4.69) is 58.9 Å². The summed E-state index contributed by atoms with van der Waals surface area (Å²) in [6.07, 6.45) is 1.98. The second kappa shape index (κ2) is 11.7. The first kappa shape index (κ1) is 23.1. The molecular formula is C19H27BrN2O5. The fourth-order valence-electron chi connectivity index (χ4n) is 2.98. The van der Waals surface area contributed by atoms with Crippen LogP contribution in [0.1, 0.15) is 32.3 Å². The summed E-state index contributed by atoms with van der Waals surface area (Å²) < 4.78 is 1.12. The van der Waals surface area contributed by atoms with Crippen LogP contribution in [0.5, 0.6) is 0 Å². The van der Waals surface area contributed by atoms with Crippen molar-refractivity contribution in [1.29, 1.82) is 0 Å². The second-order valence-electron chi connectivity index (χ2n) is 6.30. The Morgan fingerprint density at radius 2 is 1.52 bits per heavy atom. The van der Waals surface area contributed by atoms with Gasteiger partial charge in [-0.3, -0.25) is 9.69 Å². The van der Waals surface area contributed by atoms with Gasteiger partial charge in [-0.15, -0.1) is 0 Å². The van der Waals surface area contributed by atoms with Crippen molar-refractivity contribution in [2.75, 3.05) is 26.2 Å². The van der Waals surface area contributed by atoms with Gasteiger partial charge in [0.2, 0.25) is 5.91 Å². The van der Waals surface area contributed by atoms with Crippen LogP contribution in [0.4, 0.5) is 0 Å². The van der Waals surface area contributed by atoms with Crippen molar-refractivity contribution in [2.45, 2.75) is 33.2 Å². The summed E-state index contributed by atoms with van der Waals surface area (Å²) in [4.78, 5) is 35.0. The normalized spacial score (nSPS) is 14.8. The summed E-state index contributed by atoms with van der Waals surface area (Å²) in [6, 6.07) is 8.51. The van der Waals surface area contributed by atoms with Gasteiger partial charge < -0.3 is 15.1 Å². The van der Waals surface area contributed by atoms with E-state index in [0.717, 1.165) is 50.0 Å². The number of carbonyl (C=O) groups is 3. The second-order valence-corrected chi connectivity index (χ2v) is 7.21. The lowest BCUT2D eigenvalue weighted by Crippen LogP contribution is -2.42. The maximum Gasteiger partial charge on any atom is 0.414 e. The number of aliphatic carboxylic acids is 2. The van der Waals surface area contributed by atoms with E-state index < -0.39 is 11.9 Å². The Morgan fingerprint density at radius 3 is 1.93 bits per heavy atom. The summed E-state index contributed by atoms with van der Waals surface area (Å²) in [5, 5.41) is 14.8. The Balaban J connectivity index is 0.000000527. The van der Waals surface area contributed by atoms with Crippen LogP contribution in [-0.4, -0.2) is 64.0 Å². The highest BCUT2D eigenvalue weighted by Gasteiger charge is 2.27. The van der Waals surface area contributed by atoms with Gasteiger partial charge in [-0.05, 0) is 57.5 Å². The average molecular weight is 443 g/mol. The van der Waals surface area contributed by atoms with E-state index in [1.807, 2.05) is 4.90 Å². The fraction of sp³-hybridized carbons (Fsp3) is 0.526. The molecule has 1 aromatic carbocycles. The molecule has 2 rings (SSSR count). The van der Waals surface area contributed by atoms with E-state index in [1.165, 1.54) is 5.56 Å². The van der Waals surface area contributed by atoms with Gasteiger partial charge in [0.05, 0.1) is 0 Å². The molecule has 1 saturated heterocycles. The number of amides is 1. The van der Waals surface area contributed by atoms with Crippen molar-refractivity contribution in [3.05, 3.63) is 34.3 Å². The molecule has 0 radical (unpaired) electrons. The van der Waals surface area contributed by atoms with Crippen LogP contribution in [0.2, 0.25) is 0 Å². The fourth-order valence-corrected chi connectivity index (χ4v) is 3.24. The maximum absolute atomic E-state index is 12.4. The number of halogens is 1. The number of hydrogen-bond acceptors (Lipinski definition) is 4. The Kier molecular flexibility index (Phi) is 10.0. The first-order chi connectivity index (χ1) is 12.8. The lowest BCUT2D eigenvalue weighted by molar-refractivity contribution is -0.159. The first-order valence-corrected chi connectivity index (χ1v) is 9.79. The number of piperidine rings is 1. The molecule has 0 spiro atoms. The van der Waals surface area contributed by atoms with Gasteiger partial charge in [0, 0.05) is 30.0 Å². The van der Waals surface area contributed by atoms with Crippen LogP contribution in [0.3, 0.4) is 0 Å². The molecule has 27 heavy (non-hydrogen) atoms. The highest BCUT2D eigenvalue weighted by Crippen LogP contribution is 2.21. The van der Waals surface area contributed by atoms with Crippen LogP contribution in [0, 0.1) is 5.92 Å². The molecule has 1 aromatic rings. The van der Waals surface area contributed by atoms with Gasteiger partial charge in [-0.2, -0.15) is 0 Å². The molecule has 1 fully saturated rings. The zero-order valence-electron chi connectivity index (χ0n) is 15.7. The highest BCUT2D eigenvalue weighted by atomic mass is 79.9. The summed E-state index contributed by atoms with van der Waals surface area (Å²) in [5.74, 6) is -3.07. The van der Waals surface area contributed by atoms with Crippen LogP contribution in [-0.2, 0) is 20.9 Å². The zero-order chi connectivity index (χ0) is 20.4. The molecule has 2 N–H and O–H groups in total. The van der Waals surface area contributed by atoms with Crippen LogP contribution >= 0.6 is 15.9 Å². The van der Waals surface area contributed by atoms with E-state index in [-0.39, 0.29) is 5.92 Å². The van der Waals surface area contributed by atoms with E-state index in [0.29, 0.717) is 5.91 Å². The van der Waals surface area contributed by atoms with Gasteiger partial charge in [0.15, 0.2) is 0 Å². The third kappa shape index (κ3) is 8.09. The summed E-state index contributed by atoms with van der Waals surface area (Å²) in [7, 11) is 0. The molecule has 150 valence electrons. The molecule has 7 nitrogen and oxygen atoms in total. The van der Waals surface area contributed by atoms with Crippen molar-refractivity contribution in [3.8, 4) is 0 Å². The number of benzene rings is 1. The smallest absolute Gasteiger partial charge is 0.414 e. The number of carbonyl (C=O) groups excluding carboxylic acids is 1. The molecule has 1 amide bonds. The predicted octanol–water partition coefficient (Wildman–Crippen LogP) is 2.69. The number of rotatable bonds is 5. The van der Waals surface area contributed by atoms with Gasteiger partial charge in [-0.25, -0.2) is 9.59 Å². The summed E-state index contributed by atoms with van der Waals surface area (Å²) >= 11 is 3.47. The third-order valence-electron chi connectivity index (χ3n) is 4.51. The highest BCUT2D eigenvalue weighted by molar-refractivity contribution is 9.10. The minimum atomic E-state index is -1.82. The Bertz CT molecular complexity index is 611. The molecule has 1 aliphatic rings. The quantitative estimate of drug-likeness (QED) is 0.680. The van der Waals surface area contributed by atoms with Crippen LogP contribution in [0.25, 0.3) is 0 Å². The molecular weight excluding hydrogens is 416 g/mol. The number of hydrogen-bond donors (Lipinski definition) is 2. The molecule has 0 aliphatic carbocycles. The van der Waals surface area contributed by atoms with Gasteiger partial charge >= 0.3 is 11.9 Å². The van der Waals surface area contributed by atoms with Crippen LogP contribution in [0.15, 0.2) is 28.7 Å². The van der Waals surface area contributed by atoms with Crippen molar-refractivity contribution >= 4 is 33.8 Å². The topological polar surface area (TPSA) is 98.2 Å². The molecule has 0 atom stereocenters. The molecule has 8 heteroatoms. The summed E-state index contributed by atoms with van der Waals surface area (Å²) in [6.45, 7) is 8.80. The third-order valence-corrected chi connectivity index (χ3v) is 5.04. The van der Waals surface area contributed by atoms with E-state index >= 15 is 0 Å². The summed E-state index contributed by atoms with van der Waals surface area (Å²) in [5.41, 5.74) is 1.34. The molecule has 0 bridgehead atoms. The largest absolute Gasteiger partial charge is 0.473 e. The minimum Gasteiger partial charge on any atom is -0.473 e.